The SMILES string of the molecule is C=C1NC(=O)C=CN1[C@@H]1O[C@H](COP(=O)(NC(CC(C)C)C(=O)OC)NC(CC(C)C)C(=O)OC)C(O)[C@]1(C)O. The minimum absolute atomic E-state index is 0.000789. The first kappa shape index (κ1) is 33.9. The number of rotatable bonds is 14. The third kappa shape index (κ3) is 8.59. The molecule has 14 nitrogen and oxygen atoms in total. The van der Waals surface area contributed by atoms with Crippen LogP contribution in [0.25, 0.3) is 0 Å². The van der Waals surface area contributed by atoms with E-state index in [4.69, 9.17) is 18.7 Å². The van der Waals surface area contributed by atoms with E-state index in [0.717, 1.165) is 0 Å². The van der Waals surface area contributed by atoms with Gasteiger partial charge in [-0.05, 0) is 31.6 Å². The highest BCUT2D eigenvalue weighted by molar-refractivity contribution is 7.54. The number of nitrogens with one attached hydrogen (secondary N) is 3. The summed E-state index contributed by atoms with van der Waals surface area (Å²) >= 11 is 0. The summed E-state index contributed by atoms with van der Waals surface area (Å²) in [5.74, 6) is -1.67. The second-order valence-electron chi connectivity index (χ2n) is 10.9. The van der Waals surface area contributed by atoms with Gasteiger partial charge in [-0.25, -0.2) is 10.2 Å². The van der Waals surface area contributed by atoms with Gasteiger partial charge in [0.25, 0.3) is 5.91 Å². The molecule has 0 radical (unpaired) electrons. The molecule has 228 valence electrons. The first-order valence-corrected chi connectivity index (χ1v) is 14.6. The summed E-state index contributed by atoms with van der Waals surface area (Å²) in [5, 5.41) is 29.9. The van der Waals surface area contributed by atoms with Gasteiger partial charge in [0.1, 0.15) is 35.7 Å². The number of aliphatic hydroxyl groups excluding tert-OH is 1. The maximum absolute atomic E-state index is 14.2. The number of carbonyl (C=O) groups excluding carboxylic acids is 3. The van der Waals surface area contributed by atoms with E-state index in [1.165, 1.54) is 38.3 Å². The summed E-state index contributed by atoms with van der Waals surface area (Å²) in [4.78, 5) is 38.0. The molecule has 1 amide bonds. The van der Waals surface area contributed by atoms with Crippen molar-refractivity contribution in [2.24, 2.45) is 11.8 Å². The van der Waals surface area contributed by atoms with Gasteiger partial charge in [-0.3, -0.25) is 18.9 Å². The van der Waals surface area contributed by atoms with E-state index in [1.807, 2.05) is 27.7 Å². The number of hydrogen-bond acceptors (Lipinski definition) is 11. The Morgan fingerprint density at radius 1 is 1.15 bits per heavy atom. The summed E-state index contributed by atoms with van der Waals surface area (Å²) in [5.41, 5.74) is -1.87. The van der Waals surface area contributed by atoms with Crippen LogP contribution in [0.2, 0.25) is 0 Å². The highest BCUT2D eigenvalue weighted by Gasteiger charge is 2.55. The lowest BCUT2D eigenvalue weighted by molar-refractivity contribution is -0.143. The topological polar surface area (TPSA) is 185 Å². The smallest absolute Gasteiger partial charge is 0.342 e. The zero-order valence-corrected chi connectivity index (χ0v) is 25.0. The van der Waals surface area contributed by atoms with Gasteiger partial charge in [-0.1, -0.05) is 34.3 Å². The van der Waals surface area contributed by atoms with Gasteiger partial charge >= 0.3 is 19.6 Å². The Kier molecular flexibility index (Phi) is 11.9. The molecule has 5 N–H and O–H groups in total. The molecular formula is C25H43N4O10P. The number of amides is 1. The van der Waals surface area contributed by atoms with Crippen molar-refractivity contribution < 1.29 is 47.9 Å². The fourth-order valence-corrected chi connectivity index (χ4v) is 6.24. The van der Waals surface area contributed by atoms with Crippen molar-refractivity contribution >= 4 is 25.5 Å². The van der Waals surface area contributed by atoms with Crippen molar-refractivity contribution in [3.63, 3.8) is 0 Å². The number of aliphatic hydroxyl groups is 2. The van der Waals surface area contributed by atoms with Crippen LogP contribution in [0.1, 0.15) is 47.5 Å². The Labute approximate surface area is 235 Å². The third-order valence-corrected chi connectivity index (χ3v) is 8.25. The summed E-state index contributed by atoms with van der Waals surface area (Å²) < 4.78 is 35.6. The van der Waals surface area contributed by atoms with Gasteiger partial charge in [0.05, 0.1) is 20.8 Å². The second kappa shape index (κ2) is 14.0. The maximum atomic E-state index is 14.2. The molecule has 0 aromatic rings. The molecule has 1 fully saturated rings. The van der Waals surface area contributed by atoms with Crippen molar-refractivity contribution in [2.75, 3.05) is 20.8 Å². The summed E-state index contributed by atoms with van der Waals surface area (Å²) in [7, 11) is -1.85. The lowest BCUT2D eigenvalue weighted by Crippen LogP contribution is -2.53. The Balaban J connectivity index is 2.34. The van der Waals surface area contributed by atoms with E-state index >= 15 is 0 Å². The normalized spacial score (nSPS) is 27.9. The average Bonchev–Trinajstić information content (AvgIpc) is 3.08. The Hall–Kier alpha value is -2.32. The van der Waals surface area contributed by atoms with Gasteiger partial charge in [0, 0.05) is 12.3 Å². The number of ether oxygens (including phenoxy) is 3. The predicted molar refractivity (Wildman–Crippen MR) is 144 cm³/mol. The summed E-state index contributed by atoms with van der Waals surface area (Å²) in [6, 6.07) is -2.12. The average molecular weight is 591 g/mol. The Bertz CT molecular complexity index is 982. The van der Waals surface area contributed by atoms with Gasteiger partial charge in [0.2, 0.25) is 0 Å². The molecule has 0 aliphatic carbocycles. The molecule has 2 heterocycles. The van der Waals surface area contributed by atoms with E-state index in [-0.39, 0.29) is 30.5 Å². The minimum Gasteiger partial charge on any atom is -0.468 e. The molecule has 2 aliphatic heterocycles. The van der Waals surface area contributed by atoms with Crippen LogP contribution in [-0.2, 0) is 37.7 Å². The molecule has 2 aliphatic rings. The maximum Gasteiger partial charge on any atom is 0.342 e. The lowest BCUT2D eigenvalue weighted by atomic mass is 9.96. The van der Waals surface area contributed by atoms with E-state index < -0.39 is 68.2 Å². The van der Waals surface area contributed by atoms with Crippen LogP contribution < -0.4 is 15.5 Å². The van der Waals surface area contributed by atoms with E-state index in [9.17, 15) is 29.2 Å². The van der Waals surface area contributed by atoms with E-state index in [2.05, 4.69) is 22.1 Å². The minimum atomic E-state index is -4.25. The van der Waals surface area contributed by atoms with Gasteiger partial charge < -0.3 is 39.2 Å². The van der Waals surface area contributed by atoms with Crippen LogP contribution in [0.4, 0.5) is 0 Å². The zero-order valence-electron chi connectivity index (χ0n) is 24.1. The van der Waals surface area contributed by atoms with Crippen LogP contribution in [-0.4, -0.2) is 89.9 Å². The largest absolute Gasteiger partial charge is 0.468 e. The van der Waals surface area contributed by atoms with Gasteiger partial charge in [0.15, 0.2) is 6.23 Å². The van der Waals surface area contributed by atoms with E-state index in [1.54, 1.807) is 0 Å². The molecule has 0 aromatic heterocycles. The van der Waals surface area contributed by atoms with Gasteiger partial charge in [-0.15, -0.1) is 0 Å². The van der Waals surface area contributed by atoms with Crippen LogP contribution >= 0.6 is 7.67 Å². The first-order valence-electron chi connectivity index (χ1n) is 13.0. The number of carbonyl (C=O) groups is 3. The molecule has 0 spiro atoms. The van der Waals surface area contributed by atoms with Crippen molar-refractivity contribution in [1.82, 2.24) is 20.4 Å². The summed E-state index contributed by atoms with van der Waals surface area (Å²) in [6.07, 6.45) is -0.886. The molecule has 3 unspecified atom stereocenters. The Morgan fingerprint density at radius 3 is 2.08 bits per heavy atom. The zero-order chi connectivity index (χ0) is 30.4. The first-order chi connectivity index (χ1) is 18.5. The molecule has 0 saturated carbocycles. The quantitative estimate of drug-likeness (QED) is 0.141. The molecule has 2 rings (SSSR count). The second-order valence-corrected chi connectivity index (χ2v) is 12.8. The highest BCUT2D eigenvalue weighted by Crippen LogP contribution is 2.43. The number of esters is 2. The fourth-order valence-electron chi connectivity index (χ4n) is 4.42. The van der Waals surface area contributed by atoms with Crippen molar-refractivity contribution in [3.05, 3.63) is 24.7 Å². The van der Waals surface area contributed by atoms with Crippen LogP contribution in [0.5, 0.6) is 0 Å². The monoisotopic (exact) mass is 590 g/mol. The number of nitrogens with zero attached hydrogens (tertiary/aromatic N) is 1. The fraction of sp³-hybridized carbons (Fsp3) is 0.720. The standard InChI is InChI=1S/C25H43N4O10P/c1-14(2)11-17(22(32)36-7)27-40(35,28-18(12-15(3)4)23(33)37-8)38-13-19-21(31)25(6,34)24(39-19)29-10-9-20(30)26-16(29)5/h9-10,14-15,17-19,21,24,31,34H,5,11-13H2,1-4,6-8H3,(H,26,30)(H2,27,28,35)/t17?,18?,19-,21?,24-,25+,40?/m1/s1. The molecule has 1 saturated heterocycles. The molecule has 0 bridgehead atoms. The van der Waals surface area contributed by atoms with Crippen molar-refractivity contribution in [1.29, 1.82) is 0 Å². The highest BCUT2D eigenvalue weighted by atomic mass is 31.2. The van der Waals surface area contributed by atoms with Crippen LogP contribution in [0.15, 0.2) is 24.7 Å². The van der Waals surface area contributed by atoms with Crippen molar-refractivity contribution in [3.8, 4) is 0 Å². The Morgan fingerprint density at radius 2 is 1.65 bits per heavy atom. The summed E-state index contributed by atoms with van der Waals surface area (Å²) in [6.45, 7) is 12.0. The molecule has 40 heavy (non-hydrogen) atoms. The molecule has 6 atom stereocenters. The molecule has 0 aromatic carbocycles. The predicted octanol–water partition coefficient (Wildman–Crippen LogP) is 0.719. The van der Waals surface area contributed by atoms with Gasteiger partial charge in [-0.2, -0.15) is 0 Å². The van der Waals surface area contributed by atoms with Crippen LogP contribution in [0.3, 0.4) is 0 Å². The third-order valence-electron chi connectivity index (χ3n) is 6.43. The van der Waals surface area contributed by atoms with E-state index in [0.29, 0.717) is 0 Å². The number of methoxy groups -OCH3 is 2. The van der Waals surface area contributed by atoms with Crippen LogP contribution in [0, 0.1) is 11.8 Å². The molecule has 15 heteroatoms. The molecular weight excluding hydrogens is 547 g/mol. The lowest BCUT2D eigenvalue weighted by Gasteiger charge is -2.37. The number of hydrogen-bond donors (Lipinski definition) is 5. The van der Waals surface area contributed by atoms with Crippen molar-refractivity contribution in [2.45, 2.75) is 83.6 Å².